The van der Waals surface area contributed by atoms with Gasteiger partial charge in [0.1, 0.15) is 11.7 Å². The summed E-state index contributed by atoms with van der Waals surface area (Å²) in [5, 5.41) is 7.43. The number of nitrogens with one attached hydrogen (secondary N) is 1. The molecule has 1 fully saturated rings. The number of hydrogen-bond acceptors (Lipinski definition) is 7. The van der Waals surface area contributed by atoms with Crippen LogP contribution in [0.15, 0.2) is 71.9 Å². The van der Waals surface area contributed by atoms with Crippen LogP contribution in [0.5, 0.6) is 0 Å². The van der Waals surface area contributed by atoms with E-state index in [9.17, 15) is 9.59 Å². The number of carbonyl (C=O) groups excluding carboxylic acids is 1. The Bertz CT molecular complexity index is 1310. The Balaban J connectivity index is 1.41. The summed E-state index contributed by atoms with van der Waals surface area (Å²) in [6.07, 6.45) is 4.77. The van der Waals surface area contributed by atoms with Gasteiger partial charge in [-0.3, -0.25) is 19.6 Å². The van der Waals surface area contributed by atoms with Crippen LogP contribution in [-0.4, -0.2) is 49.9 Å². The maximum atomic E-state index is 12.8. The van der Waals surface area contributed by atoms with Gasteiger partial charge in [-0.05, 0) is 30.3 Å². The van der Waals surface area contributed by atoms with E-state index in [-0.39, 0.29) is 30.4 Å². The van der Waals surface area contributed by atoms with Gasteiger partial charge in [0.15, 0.2) is 0 Å². The van der Waals surface area contributed by atoms with Gasteiger partial charge < -0.3 is 10.1 Å². The number of ether oxygens (including phenoxy) is 1. The number of rotatable bonds is 4. The number of benzene rings is 1. The molecule has 0 radical (unpaired) electrons. The predicted molar refractivity (Wildman–Crippen MR) is 112 cm³/mol. The van der Waals surface area contributed by atoms with E-state index in [0.29, 0.717) is 16.7 Å². The lowest BCUT2D eigenvalue weighted by Gasteiger charge is -2.20. The molecule has 1 aliphatic rings. The van der Waals surface area contributed by atoms with Crippen molar-refractivity contribution >= 4 is 16.9 Å². The highest BCUT2D eigenvalue weighted by molar-refractivity contribution is 5.94. The topological polar surface area (TPSA) is 112 Å². The van der Waals surface area contributed by atoms with Gasteiger partial charge in [0.2, 0.25) is 0 Å². The molecule has 0 saturated carbocycles. The summed E-state index contributed by atoms with van der Waals surface area (Å²) < 4.78 is 6.95. The Morgan fingerprint density at radius 1 is 1.03 bits per heavy atom. The van der Waals surface area contributed by atoms with E-state index in [1.807, 2.05) is 30.3 Å². The molecule has 9 nitrogen and oxygen atoms in total. The number of aromatic nitrogens is 5. The van der Waals surface area contributed by atoms with Crippen LogP contribution >= 0.6 is 0 Å². The van der Waals surface area contributed by atoms with Crippen molar-refractivity contribution in [3.63, 3.8) is 0 Å². The van der Waals surface area contributed by atoms with E-state index >= 15 is 0 Å². The first-order valence-corrected chi connectivity index (χ1v) is 9.80. The van der Waals surface area contributed by atoms with Crippen molar-refractivity contribution < 1.29 is 9.53 Å². The Labute approximate surface area is 176 Å². The van der Waals surface area contributed by atoms with E-state index in [1.165, 1.54) is 16.9 Å². The molecular weight excluding hydrogens is 396 g/mol. The standard InChI is InChI=1S/C22H18N6O3/c29-21-6-5-15(14-7-9-23-10-8-14)27-28(21)20-13-31-12-19(20)26-22(30)18-11-24-16-3-1-2-4-17(16)25-18/h1-11,19-20H,12-13H2,(H,26,30). The fraction of sp³-hybridized carbons (Fsp3) is 0.182. The summed E-state index contributed by atoms with van der Waals surface area (Å²) in [6, 6.07) is 13.2. The third kappa shape index (κ3) is 3.78. The fourth-order valence-corrected chi connectivity index (χ4v) is 3.57. The van der Waals surface area contributed by atoms with Crippen molar-refractivity contribution in [1.29, 1.82) is 0 Å². The van der Waals surface area contributed by atoms with Crippen LogP contribution in [0.2, 0.25) is 0 Å². The summed E-state index contributed by atoms with van der Waals surface area (Å²) >= 11 is 0. The number of fused-ring (bicyclic) bond motifs is 1. The van der Waals surface area contributed by atoms with E-state index in [1.54, 1.807) is 24.5 Å². The van der Waals surface area contributed by atoms with Crippen molar-refractivity contribution in [2.75, 3.05) is 13.2 Å². The van der Waals surface area contributed by atoms with Crippen molar-refractivity contribution in [2.24, 2.45) is 0 Å². The molecule has 0 aliphatic carbocycles. The number of amides is 1. The lowest BCUT2D eigenvalue weighted by Crippen LogP contribution is -2.44. The molecule has 1 aromatic carbocycles. The highest BCUT2D eigenvalue weighted by Crippen LogP contribution is 2.20. The summed E-state index contributed by atoms with van der Waals surface area (Å²) in [7, 11) is 0. The Morgan fingerprint density at radius 2 is 1.84 bits per heavy atom. The molecule has 2 atom stereocenters. The second-order valence-corrected chi connectivity index (χ2v) is 7.17. The van der Waals surface area contributed by atoms with Gasteiger partial charge in [-0.2, -0.15) is 5.10 Å². The minimum absolute atomic E-state index is 0.204. The number of nitrogens with zero attached hydrogens (tertiary/aromatic N) is 5. The molecule has 31 heavy (non-hydrogen) atoms. The minimum atomic E-state index is -0.438. The zero-order valence-corrected chi connectivity index (χ0v) is 16.4. The van der Waals surface area contributed by atoms with Crippen LogP contribution in [-0.2, 0) is 4.74 Å². The molecule has 0 spiro atoms. The molecule has 5 rings (SSSR count). The maximum Gasteiger partial charge on any atom is 0.271 e. The first kappa shape index (κ1) is 19.0. The monoisotopic (exact) mass is 414 g/mol. The lowest BCUT2D eigenvalue weighted by molar-refractivity contribution is 0.0919. The third-order valence-electron chi connectivity index (χ3n) is 5.16. The van der Waals surface area contributed by atoms with Crippen LogP contribution in [0, 0.1) is 0 Å². The quantitative estimate of drug-likeness (QED) is 0.540. The van der Waals surface area contributed by atoms with Crippen LogP contribution in [0.3, 0.4) is 0 Å². The number of para-hydroxylation sites is 2. The van der Waals surface area contributed by atoms with Crippen molar-refractivity contribution in [2.45, 2.75) is 12.1 Å². The molecule has 1 amide bonds. The van der Waals surface area contributed by atoms with Crippen LogP contribution in [0.4, 0.5) is 0 Å². The Hall–Kier alpha value is -3.98. The molecule has 2 unspecified atom stereocenters. The zero-order chi connectivity index (χ0) is 21.2. The number of pyridine rings is 1. The normalized spacial score (nSPS) is 18.2. The molecule has 1 N–H and O–H groups in total. The average Bonchev–Trinajstić information content (AvgIpc) is 3.27. The number of hydrogen-bond donors (Lipinski definition) is 1. The average molecular weight is 414 g/mol. The maximum absolute atomic E-state index is 12.8. The lowest BCUT2D eigenvalue weighted by atomic mass is 10.1. The highest BCUT2D eigenvalue weighted by Gasteiger charge is 2.33. The first-order valence-electron chi connectivity index (χ1n) is 9.80. The second kappa shape index (κ2) is 8.04. The smallest absolute Gasteiger partial charge is 0.271 e. The van der Waals surface area contributed by atoms with Gasteiger partial charge in [0, 0.05) is 24.0 Å². The molecule has 0 bridgehead atoms. The predicted octanol–water partition coefficient (Wildman–Crippen LogP) is 1.62. The van der Waals surface area contributed by atoms with Crippen LogP contribution < -0.4 is 10.9 Å². The van der Waals surface area contributed by atoms with Gasteiger partial charge in [0.05, 0.1) is 42.2 Å². The van der Waals surface area contributed by atoms with Gasteiger partial charge in [-0.25, -0.2) is 9.67 Å². The van der Waals surface area contributed by atoms with E-state index in [4.69, 9.17) is 4.74 Å². The summed E-state index contributed by atoms with van der Waals surface area (Å²) in [4.78, 5) is 38.0. The summed E-state index contributed by atoms with van der Waals surface area (Å²) in [5.41, 5.74) is 2.77. The molecule has 3 aromatic heterocycles. The fourth-order valence-electron chi connectivity index (χ4n) is 3.57. The van der Waals surface area contributed by atoms with E-state index in [0.717, 1.165) is 5.56 Å². The zero-order valence-electron chi connectivity index (χ0n) is 16.4. The Morgan fingerprint density at radius 3 is 2.68 bits per heavy atom. The first-order chi connectivity index (χ1) is 15.2. The minimum Gasteiger partial charge on any atom is -0.377 e. The third-order valence-corrected chi connectivity index (χ3v) is 5.16. The molecule has 4 aromatic rings. The van der Waals surface area contributed by atoms with Crippen molar-refractivity contribution in [1.82, 2.24) is 30.0 Å². The highest BCUT2D eigenvalue weighted by atomic mass is 16.5. The van der Waals surface area contributed by atoms with Crippen LogP contribution in [0.25, 0.3) is 22.3 Å². The molecule has 1 aliphatic heterocycles. The van der Waals surface area contributed by atoms with Gasteiger partial charge in [-0.15, -0.1) is 0 Å². The van der Waals surface area contributed by atoms with Crippen LogP contribution in [0.1, 0.15) is 16.5 Å². The molecular formula is C22H18N6O3. The largest absolute Gasteiger partial charge is 0.377 e. The van der Waals surface area contributed by atoms with Crippen molar-refractivity contribution in [3.8, 4) is 11.3 Å². The van der Waals surface area contributed by atoms with E-state index in [2.05, 4.69) is 25.4 Å². The molecule has 1 saturated heterocycles. The second-order valence-electron chi connectivity index (χ2n) is 7.17. The SMILES string of the molecule is O=C(NC1COCC1n1nc(-c2ccncc2)ccc1=O)c1cnc2ccccc2n1. The van der Waals surface area contributed by atoms with Gasteiger partial charge >= 0.3 is 0 Å². The van der Waals surface area contributed by atoms with Gasteiger partial charge in [0.25, 0.3) is 11.5 Å². The van der Waals surface area contributed by atoms with Crippen molar-refractivity contribution in [3.05, 3.63) is 83.2 Å². The summed E-state index contributed by atoms with van der Waals surface area (Å²) in [5.74, 6) is -0.378. The Kier molecular flexibility index (Phi) is 4.93. The molecule has 154 valence electrons. The van der Waals surface area contributed by atoms with Gasteiger partial charge in [-0.1, -0.05) is 12.1 Å². The molecule has 4 heterocycles. The van der Waals surface area contributed by atoms with E-state index < -0.39 is 12.1 Å². The summed E-state index contributed by atoms with van der Waals surface area (Å²) in [6.45, 7) is 0.534. The molecule has 9 heteroatoms. The number of carbonyl (C=O) groups is 1.